The molecular formula is C21H30F2N2O4. The lowest BCUT2D eigenvalue weighted by Gasteiger charge is -2.32. The fraction of sp³-hybridized carbons (Fsp3) is 0.619. The number of amides is 1. The Balaban J connectivity index is 1.92. The van der Waals surface area contributed by atoms with E-state index >= 15 is 0 Å². The van der Waals surface area contributed by atoms with Gasteiger partial charge >= 0.3 is 12.1 Å². The molecule has 1 aromatic rings. The number of carbonyl (C=O) groups excluding carboxylic acids is 2. The smallest absolute Gasteiger partial charge is 0.408 e. The van der Waals surface area contributed by atoms with Gasteiger partial charge in [-0.15, -0.1) is 0 Å². The molecule has 0 aliphatic carbocycles. The number of carbonyl (C=O) groups is 2. The molecule has 6 nitrogen and oxygen atoms in total. The molecule has 162 valence electrons. The van der Waals surface area contributed by atoms with Gasteiger partial charge in [0.25, 0.3) is 5.92 Å². The van der Waals surface area contributed by atoms with Crippen LogP contribution in [0.3, 0.4) is 0 Å². The van der Waals surface area contributed by atoms with Gasteiger partial charge in [0.15, 0.2) is 0 Å². The summed E-state index contributed by atoms with van der Waals surface area (Å²) < 4.78 is 37.2. The zero-order chi connectivity index (χ0) is 21.5. The minimum Gasteiger partial charge on any atom is -0.459 e. The van der Waals surface area contributed by atoms with Crippen molar-refractivity contribution in [1.29, 1.82) is 0 Å². The van der Waals surface area contributed by atoms with Crippen LogP contribution in [-0.4, -0.2) is 54.2 Å². The first-order valence-corrected chi connectivity index (χ1v) is 9.84. The number of rotatable bonds is 7. The second-order valence-electron chi connectivity index (χ2n) is 8.28. The highest BCUT2D eigenvalue weighted by Gasteiger charge is 2.34. The standard InChI is InChI=1S/C21H30F2N2O4/c1-20(2,3)29-19(27)24-17(9-12-25-13-10-21(22,23)11-14-25)18(26)28-15-16-7-5-4-6-8-16/h4-8,17H,9-15H2,1-3H3,(H,24,27)/t17-/m0/s1. The van der Waals surface area contributed by atoms with Gasteiger partial charge in [0.2, 0.25) is 0 Å². The third kappa shape index (κ3) is 8.77. The number of benzene rings is 1. The number of ether oxygens (including phenoxy) is 2. The lowest BCUT2D eigenvalue weighted by Crippen LogP contribution is -2.47. The summed E-state index contributed by atoms with van der Waals surface area (Å²) in [5.41, 5.74) is 0.122. The summed E-state index contributed by atoms with van der Waals surface area (Å²) >= 11 is 0. The van der Waals surface area contributed by atoms with Gasteiger partial charge in [-0.05, 0) is 32.8 Å². The molecule has 1 aromatic carbocycles. The molecule has 0 aromatic heterocycles. The number of halogens is 2. The van der Waals surface area contributed by atoms with Gasteiger partial charge in [-0.25, -0.2) is 18.4 Å². The van der Waals surface area contributed by atoms with Crippen LogP contribution < -0.4 is 5.32 Å². The maximum atomic E-state index is 13.3. The number of esters is 1. The third-order valence-electron chi connectivity index (χ3n) is 4.52. The highest BCUT2D eigenvalue weighted by molar-refractivity contribution is 5.81. The molecule has 1 aliphatic rings. The first-order chi connectivity index (χ1) is 13.5. The van der Waals surface area contributed by atoms with Gasteiger partial charge in [0.1, 0.15) is 18.2 Å². The minimum atomic E-state index is -2.63. The zero-order valence-corrected chi connectivity index (χ0v) is 17.2. The zero-order valence-electron chi connectivity index (χ0n) is 17.2. The van der Waals surface area contributed by atoms with Gasteiger partial charge in [0.05, 0.1) is 0 Å². The largest absolute Gasteiger partial charge is 0.459 e. The Morgan fingerprint density at radius 3 is 2.38 bits per heavy atom. The van der Waals surface area contributed by atoms with Crippen LogP contribution in [0.25, 0.3) is 0 Å². The van der Waals surface area contributed by atoms with Crippen molar-refractivity contribution in [2.75, 3.05) is 19.6 Å². The molecule has 0 unspecified atom stereocenters. The summed E-state index contributed by atoms with van der Waals surface area (Å²) in [4.78, 5) is 26.6. The fourth-order valence-electron chi connectivity index (χ4n) is 2.94. The molecule has 2 rings (SSSR count). The van der Waals surface area contributed by atoms with Crippen LogP contribution in [0.5, 0.6) is 0 Å². The van der Waals surface area contributed by atoms with Crippen molar-refractivity contribution in [2.24, 2.45) is 0 Å². The van der Waals surface area contributed by atoms with Crippen molar-refractivity contribution in [3.63, 3.8) is 0 Å². The van der Waals surface area contributed by atoms with Crippen LogP contribution in [0.1, 0.15) is 45.6 Å². The number of hydrogen-bond donors (Lipinski definition) is 1. The Hall–Kier alpha value is -2.22. The Labute approximate surface area is 170 Å². The molecular weight excluding hydrogens is 382 g/mol. The molecule has 1 amide bonds. The molecule has 8 heteroatoms. The molecule has 29 heavy (non-hydrogen) atoms. The normalized spacial score (nSPS) is 18.0. The molecule has 0 bridgehead atoms. The van der Waals surface area contributed by atoms with Crippen molar-refractivity contribution >= 4 is 12.1 Å². The lowest BCUT2D eigenvalue weighted by atomic mass is 10.1. The third-order valence-corrected chi connectivity index (χ3v) is 4.52. The molecule has 1 saturated heterocycles. The summed E-state index contributed by atoms with van der Waals surface area (Å²) in [6.07, 6.45) is -0.867. The lowest BCUT2D eigenvalue weighted by molar-refractivity contribution is -0.148. The number of hydrogen-bond acceptors (Lipinski definition) is 5. The quantitative estimate of drug-likeness (QED) is 0.691. The van der Waals surface area contributed by atoms with E-state index in [-0.39, 0.29) is 39.0 Å². The van der Waals surface area contributed by atoms with E-state index in [1.807, 2.05) is 35.2 Å². The molecule has 1 fully saturated rings. The van der Waals surface area contributed by atoms with Gasteiger partial charge < -0.3 is 19.7 Å². The summed E-state index contributed by atoms with van der Waals surface area (Å²) in [5, 5.41) is 2.55. The van der Waals surface area contributed by atoms with Crippen molar-refractivity contribution in [2.45, 2.75) is 64.2 Å². The van der Waals surface area contributed by atoms with E-state index in [4.69, 9.17) is 9.47 Å². The molecule has 0 radical (unpaired) electrons. The first-order valence-electron chi connectivity index (χ1n) is 9.84. The van der Waals surface area contributed by atoms with Gasteiger partial charge in [-0.2, -0.15) is 0 Å². The van der Waals surface area contributed by atoms with E-state index in [0.29, 0.717) is 6.54 Å². The molecule has 1 N–H and O–H groups in total. The minimum absolute atomic E-state index is 0.0854. The second-order valence-corrected chi connectivity index (χ2v) is 8.28. The van der Waals surface area contributed by atoms with E-state index in [1.54, 1.807) is 20.8 Å². The average Bonchev–Trinajstić information content (AvgIpc) is 2.63. The number of alkyl carbamates (subject to hydrolysis) is 1. The highest BCUT2D eigenvalue weighted by atomic mass is 19.3. The Kier molecular flexibility index (Phi) is 7.96. The van der Waals surface area contributed by atoms with Gasteiger partial charge in [-0.1, -0.05) is 30.3 Å². The van der Waals surface area contributed by atoms with Crippen molar-refractivity contribution in [1.82, 2.24) is 10.2 Å². The van der Waals surface area contributed by atoms with Crippen molar-refractivity contribution < 1.29 is 27.8 Å². The monoisotopic (exact) mass is 412 g/mol. The highest BCUT2D eigenvalue weighted by Crippen LogP contribution is 2.27. The summed E-state index contributed by atoms with van der Waals surface area (Å²) in [6.45, 7) is 6.17. The van der Waals surface area contributed by atoms with E-state index in [0.717, 1.165) is 5.56 Å². The number of likely N-dealkylation sites (tertiary alicyclic amines) is 1. The molecule has 1 atom stereocenters. The van der Waals surface area contributed by atoms with Crippen LogP contribution in [0.15, 0.2) is 30.3 Å². The SMILES string of the molecule is CC(C)(C)OC(=O)N[C@@H](CCN1CCC(F)(F)CC1)C(=O)OCc1ccccc1. The molecule has 1 heterocycles. The number of alkyl halides is 2. The average molecular weight is 412 g/mol. The van der Waals surface area contributed by atoms with Crippen LogP contribution in [0, 0.1) is 0 Å². The maximum Gasteiger partial charge on any atom is 0.408 e. The summed E-state index contributed by atoms with van der Waals surface area (Å²) in [5.74, 6) is -3.21. The second kappa shape index (κ2) is 10.0. The fourth-order valence-corrected chi connectivity index (χ4v) is 2.94. The Morgan fingerprint density at radius 1 is 1.17 bits per heavy atom. The van der Waals surface area contributed by atoms with Crippen LogP contribution in [0.2, 0.25) is 0 Å². The number of piperidine rings is 1. The van der Waals surface area contributed by atoms with Crippen LogP contribution in [0.4, 0.5) is 13.6 Å². The number of nitrogens with zero attached hydrogens (tertiary/aromatic N) is 1. The predicted molar refractivity (Wildman–Crippen MR) is 105 cm³/mol. The Bertz CT molecular complexity index is 667. The van der Waals surface area contributed by atoms with E-state index in [2.05, 4.69) is 5.32 Å². The van der Waals surface area contributed by atoms with Crippen LogP contribution >= 0.6 is 0 Å². The topological polar surface area (TPSA) is 67.9 Å². The predicted octanol–water partition coefficient (Wildman–Crippen LogP) is 3.74. The van der Waals surface area contributed by atoms with Crippen LogP contribution in [-0.2, 0) is 20.9 Å². The van der Waals surface area contributed by atoms with Gasteiger partial charge in [-0.3, -0.25) is 0 Å². The van der Waals surface area contributed by atoms with Crippen molar-refractivity contribution in [3.8, 4) is 0 Å². The van der Waals surface area contributed by atoms with Crippen molar-refractivity contribution in [3.05, 3.63) is 35.9 Å². The first kappa shape index (κ1) is 23.1. The molecule has 1 aliphatic heterocycles. The molecule has 0 spiro atoms. The Morgan fingerprint density at radius 2 is 1.79 bits per heavy atom. The van der Waals surface area contributed by atoms with E-state index in [1.165, 1.54) is 0 Å². The van der Waals surface area contributed by atoms with Gasteiger partial charge in [0, 0.05) is 32.5 Å². The molecule has 0 saturated carbocycles. The maximum absolute atomic E-state index is 13.3. The summed E-state index contributed by atoms with van der Waals surface area (Å²) in [7, 11) is 0. The number of nitrogens with one attached hydrogen (secondary N) is 1. The van der Waals surface area contributed by atoms with E-state index in [9.17, 15) is 18.4 Å². The summed E-state index contributed by atoms with van der Waals surface area (Å²) in [6, 6.07) is 8.28. The van der Waals surface area contributed by atoms with E-state index < -0.39 is 29.6 Å².